The van der Waals surface area contributed by atoms with Crippen LogP contribution in [0.5, 0.6) is 5.75 Å². The zero-order valence-corrected chi connectivity index (χ0v) is 13.8. The van der Waals surface area contributed by atoms with Crippen LogP contribution in [0.3, 0.4) is 0 Å². The van der Waals surface area contributed by atoms with Crippen molar-refractivity contribution < 1.29 is 28.2 Å². The number of hydrogen-bond acceptors (Lipinski definition) is 7. The van der Waals surface area contributed by atoms with E-state index >= 15 is 0 Å². The standard InChI is InChI=1S/C18H16FNO6/c1-2-24-18(23)14-13(9-3-5-10(19)6-4-9)16-15(26-17(14)20)12(22)7-11(8-21)25-16/h3-7,13,21H,2,8,20H2,1H3/t13-/m1/s1. The average Bonchev–Trinajstić information content (AvgIpc) is 2.62. The maximum absolute atomic E-state index is 13.3. The van der Waals surface area contributed by atoms with E-state index in [0.717, 1.165) is 6.07 Å². The van der Waals surface area contributed by atoms with Crippen molar-refractivity contribution in [1.82, 2.24) is 0 Å². The number of benzene rings is 1. The highest BCUT2D eigenvalue weighted by atomic mass is 19.1. The highest BCUT2D eigenvalue weighted by molar-refractivity contribution is 5.92. The van der Waals surface area contributed by atoms with Crippen LogP contribution in [-0.2, 0) is 16.1 Å². The summed E-state index contributed by atoms with van der Waals surface area (Å²) in [5.74, 6) is -2.67. The molecule has 8 heteroatoms. The first-order valence-corrected chi connectivity index (χ1v) is 7.84. The molecule has 0 bridgehead atoms. The van der Waals surface area contributed by atoms with Gasteiger partial charge in [0.25, 0.3) is 0 Å². The van der Waals surface area contributed by atoms with Crippen LogP contribution >= 0.6 is 0 Å². The molecule has 0 radical (unpaired) electrons. The lowest BCUT2D eigenvalue weighted by atomic mass is 9.86. The number of aliphatic hydroxyl groups is 1. The lowest BCUT2D eigenvalue weighted by Crippen LogP contribution is -2.30. The van der Waals surface area contributed by atoms with Crippen LogP contribution in [0.1, 0.15) is 29.9 Å². The van der Waals surface area contributed by atoms with Crippen LogP contribution in [0, 0.1) is 5.82 Å². The van der Waals surface area contributed by atoms with Crippen LogP contribution < -0.4 is 15.9 Å². The van der Waals surface area contributed by atoms with E-state index in [1.807, 2.05) is 0 Å². The number of aliphatic hydroxyl groups excluding tert-OH is 1. The summed E-state index contributed by atoms with van der Waals surface area (Å²) < 4.78 is 29.2. The van der Waals surface area contributed by atoms with Crippen molar-refractivity contribution in [3.8, 4) is 5.75 Å². The normalized spacial score (nSPS) is 16.0. The predicted molar refractivity (Wildman–Crippen MR) is 87.6 cm³/mol. The van der Waals surface area contributed by atoms with Crippen molar-refractivity contribution >= 4 is 5.97 Å². The Hall–Kier alpha value is -3.13. The first-order chi connectivity index (χ1) is 12.5. The van der Waals surface area contributed by atoms with E-state index < -0.39 is 29.7 Å². The molecule has 136 valence electrons. The molecule has 0 amide bonds. The van der Waals surface area contributed by atoms with Gasteiger partial charge in [-0.05, 0) is 24.6 Å². The van der Waals surface area contributed by atoms with Crippen LogP contribution in [-0.4, -0.2) is 17.7 Å². The Morgan fingerprint density at radius 1 is 1.35 bits per heavy atom. The van der Waals surface area contributed by atoms with Gasteiger partial charge in [-0.25, -0.2) is 9.18 Å². The van der Waals surface area contributed by atoms with Gasteiger partial charge in [0, 0.05) is 6.07 Å². The second-order valence-corrected chi connectivity index (χ2v) is 5.51. The van der Waals surface area contributed by atoms with Crippen molar-refractivity contribution in [2.45, 2.75) is 19.4 Å². The molecule has 1 atom stereocenters. The molecule has 0 fully saturated rings. The van der Waals surface area contributed by atoms with Gasteiger partial charge in [0.1, 0.15) is 23.8 Å². The maximum atomic E-state index is 13.3. The summed E-state index contributed by atoms with van der Waals surface area (Å²) in [7, 11) is 0. The van der Waals surface area contributed by atoms with E-state index in [0.29, 0.717) is 5.56 Å². The van der Waals surface area contributed by atoms with Crippen molar-refractivity contribution in [1.29, 1.82) is 0 Å². The van der Waals surface area contributed by atoms with Gasteiger partial charge in [-0.1, -0.05) is 12.1 Å². The smallest absolute Gasteiger partial charge is 0.340 e. The second-order valence-electron chi connectivity index (χ2n) is 5.51. The molecule has 1 aliphatic heterocycles. The Bertz CT molecular complexity index is 932. The summed E-state index contributed by atoms with van der Waals surface area (Å²) in [6, 6.07) is 6.36. The first-order valence-electron chi connectivity index (χ1n) is 7.84. The minimum Gasteiger partial charge on any atom is -0.462 e. The first kappa shape index (κ1) is 17.7. The largest absolute Gasteiger partial charge is 0.462 e. The van der Waals surface area contributed by atoms with Crippen molar-refractivity contribution in [3.63, 3.8) is 0 Å². The van der Waals surface area contributed by atoms with Gasteiger partial charge in [0.05, 0.1) is 12.5 Å². The van der Waals surface area contributed by atoms with Crippen LogP contribution in [0.15, 0.2) is 51.0 Å². The molecule has 2 heterocycles. The number of hydrogen-bond donors (Lipinski definition) is 2. The molecular weight excluding hydrogens is 345 g/mol. The van der Waals surface area contributed by atoms with Gasteiger partial charge in [-0.3, -0.25) is 4.79 Å². The molecule has 3 rings (SSSR count). The molecule has 3 N–H and O–H groups in total. The number of carbonyl (C=O) groups excluding carboxylic acids is 1. The molecule has 0 saturated carbocycles. The topological polar surface area (TPSA) is 112 Å². The summed E-state index contributed by atoms with van der Waals surface area (Å²) >= 11 is 0. The van der Waals surface area contributed by atoms with Gasteiger partial charge in [0.15, 0.2) is 5.76 Å². The minimum atomic E-state index is -0.947. The second kappa shape index (κ2) is 7.01. The van der Waals surface area contributed by atoms with Crippen LogP contribution in [0.25, 0.3) is 0 Å². The number of nitrogens with two attached hydrogens (primary N) is 1. The van der Waals surface area contributed by atoms with E-state index in [1.54, 1.807) is 6.92 Å². The van der Waals surface area contributed by atoms with E-state index in [-0.39, 0.29) is 35.3 Å². The molecule has 26 heavy (non-hydrogen) atoms. The molecule has 1 aliphatic rings. The molecular formula is C18H16FNO6. The summed E-state index contributed by atoms with van der Waals surface area (Å²) in [5, 5.41) is 9.32. The van der Waals surface area contributed by atoms with E-state index in [1.165, 1.54) is 24.3 Å². The Balaban J connectivity index is 2.26. The zero-order chi connectivity index (χ0) is 18.8. The lowest BCUT2D eigenvalue weighted by molar-refractivity contribution is -0.139. The molecule has 1 aromatic carbocycles. The molecule has 0 spiro atoms. The van der Waals surface area contributed by atoms with Gasteiger partial charge >= 0.3 is 5.97 Å². The number of carbonyl (C=O) groups is 1. The molecule has 2 aromatic rings. The summed E-state index contributed by atoms with van der Waals surface area (Å²) in [6.07, 6.45) is 0. The predicted octanol–water partition coefficient (Wildman–Crippen LogP) is 1.53. The quantitative estimate of drug-likeness (QED) is 0.794. The SMILES string of the molecule is CCOC(=O)C1=C(N)Oc2c(oc(CO)cc2=O)[C@@H]1c1ccc(F)cc1. The van der Waals surface area contributed by atoms with Gasteiger partial charge in [-0.2, -0.15) is 0 Å². The van der Waals surface area contributed by atoms with Gasteiger partial charge in [0.2, 0.25) is 17.1 Å². The van der Waals surface area contributed by atoms with E-state index in [4.69, 9.17) is 19.6 Å². The molecule has 1 aromatic heterocycles. The minimum absolute atomic E-state index is 0.00635. The molecule has 7 nitrogen and oxygen atoms in total. The fourth-order valence-corrected chi connectivity index (χ4v) is 2.76. The number of ether oxygens (including phenoxy) is 2. The van der Waals surface area contributed by atoms with Crippen LogP contribution in [0.4, 0.5) is 4.39 Å². The Labute approximate surface area is 147 Å². The van der Waals surface area contributed by atoms with Crippen molar-refractivity contribution in [2.75, 3.05) is 6.61 Å². The average molecular weight is 361 g/mol. The number of halogens is 1. The fraction of sp³-hybridized carbons (Fsp3) is 0.222. The Morgan fingerprint density at radius 3 is 2.65 bits per heavy atom. The van der Waals surface area contributed by atoms with Gasteiger partial charge in [-0.15, -0.1) is 0 Å². The lowest BCUT2D eigenvalue weighted by Gasteiger charge is -2.26. The Kier molecular flexibility index (Phi) is 4.77. The third kappa shape index (κ3) is 3.06. The highest BCUT2D eigenvalue weighted by Gasteiger charge is 2.39. The zero-order valence-electron chi connectivity index (χ0n) is 13.8. The van der Waals surface area contributed by atoms with Crippen LogP contribution in [0.2, 0.25) is 0 Å². The van der Waals surface area contributed by atoms with E-state index in [9.17, 15) is 19.1 Å². The Morgan fingerprint density at radius 2 is 2.04 bits per heavy atom. The number of fused-ring (bicyclic) bond motifs is 1. The van der Waals surface area contributed by atoms with E-state index in [2.05, 4.69) is 0 Å². The van der Waals surface area contributed by atoms with Crippen molar-refractivity contribution in [2.24, 2.45) is 5.73 Å². The third-order valence-corrected chi connectivity index (χ3v) is 3.86. The number of rotatable bonds is 4. The van der Waals surface area contributed by atoms with Gasteiger partial charge < -0.3 is 24.7 Å². The maximum Gasteiger partial charge on any atom is 0.340 e. The monoisotopic (exact) mass is 361 g/mol. The highest BCUT2D eigenvalue weighted by Crippen LogP contribution is 2.41. The van der Waals surface area contributed by atoms with Crippen molar-refractivity contribution in [3.05, 3.63) is 74.9 Å². The molecule has 0 saturated heterocycles. The molecule has 0 unspecified atom stereocenters. The third-order valence-electron chi connectivity index (χ3n) is 3.86. The molecule has 0 aliphatic carbocycles. The summed E-state index contributed by atoms with van der Waals surface area (Å²) in [6.45, 7) is 1.20. The summed E-state index contributed by atoms with van der Waals surface area (Å²) in [5.41, 5.74) is 5.69. The fourth-order valence-electron chi connectivity index (χ4n) is 2.76. The summed E-state index contributed by atoms with van der Waals surface area (Å²) in [4.78, 5) is 24.7. The number of esters is 1.